The number of aryl methyl sites for hydroxylation is 1. The minimum absolute atomic E-state index is 0.596. The van der Waals surface area contributed by atoms with Gasteiger partial charge in [-0.3, -0.25) is 4.79 Å². The number of ether oxygens (including phenoxy) is 1. The third-order valence-corrected chi connectivity index (χ3v) is 3.81. The van der Waals surface area contributed by atoms with Gasteiger partial charge < -0.3 is 4.74 Å². The van der Waals surface area contributed by atoms with Crippen LogP contribution in [-0.2, 0) is 12.8 Å². The monoisotopic (exact) mass is 286 g/mol. The van der Waals surface area contributed by atoms with Gasteiger partial charge in [-0.05, 0) is 37.7 Å². The van der Waals surface area contributed by atoms with Crippen molar-refractivity contribution in [1.82, 2.24) is 9.97 Å². The van der Waals surface area contributed by atoms with Crippen molar-refractivity contribution in [2.24, 2.45) is 0 Å². The third-order valence-electron chi connectivity index (χ3n) is 3.27. The summed E-state index contributed by atoms with van der Waals surface area (Å²) in [5.41, 5.74) is 2.78. The van der Waals surface area contributed by atoms with E-state index in [0.717, 1.165) is 42.0 Å². The SMILES string of the molecule is CSc1nc2c(c(Oc3cccc(C=O)c3)n1)CCC2. The Morgan fingerprint density at radius 1 is 1.30 bits per heavy atom. The Kier molecular flexibility index (Phi) is 3.69. The van der Waals surface area contributed by atoms with Crippen LogP contribution in [0.2, 0.25) is 0 Å². The molecule has 1 aromatic carbocycles. The molecule has 1 aliphatic carbocycles. The molecular formula is C15H14N2O2S. The fourth-order valence-corrected chi connectivity index (χ4v) is 2.69. The van der Waals surface area contributed by atoms with Crippen molar-refractivity contribution in [3.63, 3.8) is 0 Å². The standard InChI is InChI=1S/C15H14N2O2S/c1-20-15-16-13-7-3-6-12(13)14(17-15)19-11-5-2-4-10(8-11)9-18/h2,4-5,8-9H,3,6-7H2,1H3. The summed E-state index contributed by atoms with van der Waals surface area (Å²) in [4.78, 5) is 19.8. The van der Waals surface area contributed by atoms with Crippen LogP contribution in [0.25, 0.3) is 0 Å². The molecule has 2 aromatic rings. The minimum Gasteiger partial charge on any atom is -0.439 e. The molecular weight excluding hydrogens is 272 g/mol. The van der Waals surface area contributed by atoms with E-state index >= 15 is 0 Å². The lowest BCUT2D eigenvalue weighted by molar-refractivity contribution is 0.112. The number of hydrogen-bond donors (Lipinski definition) is 0. The first-order valence-corrected chi connectivity index (χ1v) is 7.69. The van der Waals surface area contributed by atoms with E-state index in [1.807, 2.05) is 12.3 Å². The lowest BCUT2D eigenvalue weighted by Gasteiger charge is -2.10. The highest BCUT2D eigenvalue weighted by Crippen LogP contribution is 2.32. The van der Waals surface area contributed by atoms with Crippen molar-refractivity contribution in [2.75, 3.05) is 6.26 Å². The van der Waals surface area contributed by atoms with E-state index in [-0.39, 0.29) is 0 Å². The van der Waals surface area contributed by atoms with Gasteiger partial charge in [0, 0.05) is 11.1 Å². The van der Waals surface area contributed by atoms with Crippen LogP contribution in [0.1, 0.15) is 28.0 Å². The molecule has 20 heavy (non-hydrogen) atoms. The number of benzene rings is 1. The van der Waals surface area contributed by atoms with E-state index < -0.39 is 0 Å². The number of thioether (sulfide) groups is 1. The molecule has 0 fully saturated rings. The Hall–Kier alpha value is -1.88. The van der Waals surface area contributed by atoms with Gasteiger partial charge in [-0.15, -0.1) is 0 Å². The zero-order chi connectivity index (χ0) is 13.9. The fraction of sp³-hybridized carbons (Fsp3) is 0.267. The molecule has 1 aromatic heterocycles. The van der Waals surface area contributed by atoms with Gasteiger partial charge in [-0.2, -0.15) is 4.98 Å². The maximum Gasteiger partial charge on any atom is 0.226 e. The van der Waals surface area contributed by atoms with E-state index in [1.54, 1.807) is 18.2 Å². The summed E-state index contributed by atoms with van der Waals surface area (Å²) in [6.45, 7) is 0. The van der Waals surface area contributed by atoms with E-state index in [1.165, 1.54) is 11.8 Å². The average Bonchev–Trinajstić information content (AvgIpc) is 2.96. The molecule has 0 amide bonds. The lowest BCUT2D eigenvalue weighted by atomic mass is 10.2. The highest BCUT2D eigenvalue weighted by atomic mass is 32.2. The van der Waals surface area contributed by atoms with Gasteiger partial charge in [0.15, 0.2) is 5.16 Å². The number of nitrogens with zero attached hydrogens (tertiary/aromatic N) is 2. The Labute approximate surface area is 121 Å². The molecule has 102 valence electrons. The smallest absolute Gasteiger partial charge is 0.226 e. The van der Waals surface area contributed by atoms with Gasteiger partial charge in [0.2, 0.25) is 5.88 Å². The van der Waals surface area contributed by atoms with Gasteiger partial charge in [0.25, 0.3) is 0 Å². The molecule has 0 bridgehead atoms. The average molecular weight is 286 g/mol. The molecule has 0 atom stereocenters. The van der Waals surface area contributed by atoms with Crippen molar-refractivity contribution in [3.05, 3.63) is 41.1 Å². The van der Waals surface area contributed by atoms with Gasteiger partial charge in [0.1, 0.15) is 12.0 Å². The summed E-state index contributed by atoms with van der Waals surface area (Å²) in [6, 6.07) is 7.10. The first kappa shape index (κ1) is 13.1. The topological polar surface area (TPSA) is 52.1 Å². The number of carbonyl (C=O) groups excluding carboxylic acids is 1. The summed E-state index contributed by atoms with van der Waals surface area (Å²) in [6.07, 6.45) is 5.79. The molecule has 3 rings (SSSR count). The van der Waals surface area contributed by atoms with Crippen LogP contribution in [0.4, 0.5) is 0 Å². The molecule has 0 N–H and O–H groups in total. The maximum absolute atomic E-state index is 10.8. The Bertz CT molecular complexity index is 658. The molecule has 0 spiro atoms. The first-order valence-electron chi connectivity index (χ1n) is 6.47. The van der Waals surface area contributed by atoms with Crippen molar-refractivity contribution in [3.8, 4) is 11.6 Å². The second kappa shape index (κ2) is 5.63. The van der Waals surface area contributed by atoms with E-state index in [9.17, 15) is 4.79 Å². The Balaban J connectivity index is 1.97. The van der Waals surface area contributed by atoms with Gasteiger partial charge in [0.05, 0.1) is 5.69 Å². The zero-order valence-electron chi connectivity index (χ0n) is 11.1. The highest BCUT2D eigenvalue weighted by molar-refractivity contribution is 7.98. The largest absolute Gasteiger partial charge is 0.439 e. The van der Waals surface area contributed by atoms with Crippen LogP contribution in [0.15, 0.2) is 29.4 Å². The Morgan fingerprint density at radius 2 is 2.20 bits per heavy atom. The number of rotatable bonds is 4. The van der Waals surface area contributed by atoms with Gasteiger partial charge in [-0.25, -0.2) is 4.98 Å². The van der Waals surface area contributed by atoms with Crippen LogP contribution in [0.5, 0.6) is 11.6 Å². The van der Waals surface area contributed by atoms with Crippen LogP contribution < -0.4 is 4.74 Å². The molecule has 4 nitrogen and oxygen atoms in total. The normalized spacial score (nSPS) is 13.1. The van der Waals surface area contributed by atoms with Crippen LogP contribution in [0.3, 0.4) is 0 Å². The van der Waals surface area contributed by atoms with Gasteiger partial charge in [-0.1, -0.05) is 23.9 Å². The predicted octanol–water partition coefficient (Wildman–Crippen LogP) is 3.29. The molecule has 1 aliphatic rings. The highest BCUT2D eigenvalue weighted by Gasteiger charge is 2.20. The second-order valence-corrected chi connectivity index (χ2v) is 5.36. The van der Waals surface area contributed by atoms with E-state index in [0.29, 0.717) is 17.2 Å². The summed E-state index contributed by atoms with van der Waals surface area (Å²) < 4.78 is 5.88. The molecule has 0 saturated carbocycles. The van der Waals surface area contributed by atoms with Crippen molar-refractivity contribution < 1.29 is 9.53 Å². The van der Waals surface area contributed by atoms with Crippen LogP contribution >= 0.6 is 11.8 Å². The number of fused-ring (bicyclic) bond motifs is 1. The van der Waals surface area contributed by atoms with Crippen LogP contribution in [0, 0.1) is 0 Å². The second-order valence-electron chi connectivity index (χ2n) is 4.59. The van der Waals surface area contributed by atoms with E-state index in [2.05, 4.69) is 9.97 Å². The van der Waals surface area contributed by atoms with Gasteiger partial charge >= 0.3 is 0 Å². The minimum atomic E-state index is 0.596. The first-order chi connectivity index (χ1) is 9.80. The third kappa shape index (κ3) is 2.54. The molecule has 5 heteroatoms. The molecule has 0 aliphatic heterocycles. The van der Waals surface area contributed by atoms with Crippen molar-refractivity contribution in [1.29, 1.82) is 0 Å². The maximum atomic E-state index is 10.8. The molecule has 0 radical (unpaired) electrons. The lowest BCUT2D eigenvalue weighted by Crippen LogP contribution is -2.00. The van der Waals surface area contributed by atoms with E-state index in [4.69, 9.17) is 4.74 Å². The summed E-state index contributed by atoms with van der Waals surface area (Å²) in [5.74, 6) is 1.26. The molecule has 0 saturated heterocycles. The number of aldehydes is 1. The fourth-order valence-electron chi connectivity index (χ4n) is 2.32. The number of carbonyl (C=O) groups is 1. The molecule has 0 unspecified atom stereocenters. The van der Waals surface area contributed by atoms with Crippen LogP contribution in [-0.4, -0.2) is 22.5 Å². The summed E-state index contributed by atoms with van der Waals surface area (Å²) >= 11 is 1.51. The number of hydrogen-bond acceptors (Lipinski definition) is 5. The molecule has 1 heterocycles. The van der Waals surface area contributed by atoms with Crippen molar-refractivity contribution >= 4 is 18.0 Å². The quantitative estimate of drug-likeness (QED) is 0.490. The Morgan fingerprint density at radius 3 is 3.00 bits per heavy atom. The zero-order valence-corrected chi connectivity index (χ0v) is 11.9. The number of aromatic nitrogens is 2. The summed E-state index contributed by atoms with van der Waals surface area (Å²) in [7, 11) is 0. The predicted molar refractivity (Wildman–Crippen MR) is 77.7 cm³/mol. The van der Waals surface area contributed by atoms with Crippen molar-refractivity contribution in [2.45, 2.75) is 24.4 Å². The summed E-state index contributed by atoms with van der Waals surface area (Å²) in [5, 5.41) is 0.729.